The highest BCUT2D eigenvalue weighted by atomic mass is 16.6. The van der Waals surface area contributed by atoms with Crippen LogP contribution in [-0.4, -0.2) is 58.1 Å². The number of aromatic amines is 1. The number of aliphatic imine (C=N–C) groups is 1. The summed E-state index contributed by atoms with van der Waals surface area (Å²) in [5, 5.41) is 8.31. The first kappa shape index (κ1) is 32.1. The summed E-state index contributed by atoms with van der Waals surface area (Å²) in [7, 11) is 0. The van der Waals surface area contributed by atoms with Crippen molar-refractivity contribution in [1.82, 2.24) is 25.9 Å². The molecule has 0 saturated heterocycles. The van der Waals surface area contributed by atoms with Gasteiger partial charge >= 0.3 is 6.09 Å². The normalized spacial score (nSPS) is 13.1. The van der Waals surface area contributed by atoms with Gasteiger partial charge in [0.1, 0.15) is 23.5 Å². The fourth-order valence-corrected chi connectivity index (χ4v) is 3.68. The van der Waals surface area contributed by atoms with Gasteiger partial charge in [-0.3, -0.25) is 14.6 Å². The van der Waals surface area contributed by atoms with E-state index >= 15 is 0 Å². The average Bonchev–Trinajstić information content (AvgIpc) is 3.32. The first-order chi connectivity index (χ1) is 18.6. The highest BCUT2D eigenvalue weighted by Crippen LogP contribution is 2.19. The molecular weight excluding hydrogens is 512 g/mol. The first-order valence-corrected chi connectivity index (χ1v) is 13.4. The number of nitrogens with one attached hydrogen (secondary N) is 4. The number of hydrogen-bond acceptors (Lipinski definition) is 6. The lowest BCUT2D eigenvalue weighted by Crippen LogP contribution is -2.55. The Bertz CT molecular complexity index is 1150. The number of nitrogens with two attached hydrogens (primary N) is 2. The molecule has 0 radical (unpaired) electrons. The van der Waals surface area contributed by atoms with Gasteiger partial charge in [-0.2, -0.15) is 0 Å². The van der Waals surface area contributed by atoms with E-state index < -0.39 is 29.7 Å². The second-order valence-electron chi connectivity index (χ2n) is 11.6. The Hall–Kier alpha value is -4.09. The van der Waals surface area contributed by atoms with Crippen LogP contribution in [0, 0.1) is 0 Å². The third-order valence-corrected chi connectivity index (χ3v) is 5.66. The highest BCUT2D eigenvalue weighted by molar-refractivity contribution is 5.91. The molecule has 12 heteroatoms. The summed E-state index contributed by atoms with van der Waals surface area (Å²) in [6, 6.07) is 7.51. The molecule has 8 N–H and O–H groups in total. The first-order valence-electron chi connectivity index (χ1n) is 13.4. The molecule has 1 aromatic carbocycles. The molecule has 2 aromatic rings. The topological polar surface area (TPSA) is 190 Å². The lowest BCUT2D eigenvalue weighted by molar-refractivity contribution is -0.130. The molecule has 1 heterocycles. The Balaban J connectivity index is 2.21. The second kappa shape index (κ2) is 14.3. The maximum Gasteiger partial charge on any atom is 0.408 e. The number of carbonyl (C=O) groups excluding carboxylic acids is 3. The molecule has 12 nitrogen and oxygen atoms in total. The standard InChI is InChI=1S/C28H44N8O4/c1-27(2,3)24-33-17-19(34-24)15-21(36-26(39)40-28(4,5)6)23(38)35-20(13-10-14-31-25(29)30)22(37)32-16-18-11-8-7-9-12-18/h7-9,11-12,17,20-21H,10,13-16H2,1-6H3,(H,32,37)(H,33,34)(H,35,38)(H,36,39)(H4,29,30,31)/t20-,21-/m0/s1. The predicted molar refractivity (Wildman–Crippen MR) is 154 cm³/mol. The minimum atomic E-state index is -1.04. The monoisotopic (exact) mass is 556 g/mol. The molecule has 0 aliphatic heterocycles. The van der Waals surface area contributed by atoms with Crippen LogP contribution >= 0.6 is 0 Å². The van der Waals surface area contributed by atoms with Crippen molar-refractivity contribution in [3.63, 3.8) is 0 Å². The summed E-state index contributed by atoms with van der Waals surface area (Å²) in [6.45, 7) is 11.8. The Morgan fingerprint density at radius 3 is 2.25 bits per heavy atom. The molecule has 3 amide bonds. The van der Waals surface area contributed by atoms with Crippen LogP contribution in [0.1, 0.15) is 71.5 Å². The minimum Gasteiger partial charge on any atom is -0.444 e. The van der Waals surface area contributed by atoms with E-state index in [4.69, 9.17) is 16.2 Å². The highest BCUT2D eigenvalue weighted by Gasteiger charge is 2.29. The minimum absolute atomic E-state index is 0.0510. The number of ether oxygens (including phenoxy) is 1. The van der Waals surface area contributed by atoms with Crippen LogP contribution in [0.3, 0.4) is 0 Å². The van der Waals surface area contributed by atoms with E-state index in [1.165, 1.54) is 0 Å². The molecule has 0 aliphatic carbocycles. The van der Waals surface area contributed by atoms with E-state index in [9.17, 15) is 14.4 Å². The van der Waals surface area contributed by atoms with Crippen LogP contribution in [0.15, 0.2) is 41.5 Å². The molecule has 0 unspecified atom stereocenters. The van der Waals surface area contributed by atoms with Crippen LogP contribution in [-0.2, 0) is 32.7 Å². The molecule has 0 spiro atoms. The van der Waals surface area contributed by atoms with Crippen molar-refractivity contribution in [2.24, 2.45) is 16.5 Å². The number of carbonyl (C=O) groups is 3. The zero-order valence-corrected chi connectivity index (χ0v) is 24.3. The number of rotatable bonds is 12. The van der Waals surface area contributed by atoms with E-state index in [0.717, 1.165) is 11.4 Å². The molecule has 2 atom stereocenters. The number of imidazole rings is 1. The number of alkyl carbamates (subject to hydrolysis) is 1. The van der Waals surface area contributed by atoms with Crippen molar-refractivity contribution in [3.8, 4) is 0 Å². The van der Waals surface area contributed by atoms with Gasteiger partial charge in [-0.15, -0.1) is 0 Å². The third kappa shape index (κ3) is 11.7. The fourth-order valence-electron chi connectivity index (χ4n) is 3.68. The molecule has 1 aromatic heterocycles. The van der Waals surface area contributed by atoms with Crippen LogP contribution in [0.5, 0.6) is 0 Å². The molecule has 0 fully saturated rings. The Labute approximate surface area is 236 Å². The molecular formula is C28H44N8O4. The Morgan fingerprint density at radius 1 is 1.00 bits per heavy atom. The number of benzene rings is 1. The van der Waals surface area contributed by atoms with Crippen molar-refractivity contribution in [3.05, 3.63) is 53.6 Å². The summed E-state index contributed by atoms with van der Waals surface area (Å²) in [5.74, 6) is -0.212. The number of amides is 3. The molecule has 0 saturated carbocycles. The Morgan fingerprint density at radius 2 is 1.68 bits per heavy atom. The lowest BCUT2D eigenvalue weighted by Gasteiger charge is -2.25. The summed E-state index contributed by atoms with van der Waals surface area (Å²) in [4.78, 5) is 50.9. The van der Waals surface area contributed by atoms with Gasteiger partial charge in [0.15, 0.2) is 5.96 Å². The zero-order chi connectivity index (χ0) is 29.9. The van der Waals surface area contributed by atoms with Crippen molar-refractivity contribution in [2.75, 3.05) is 6.54 Å². The van der Waals surface area contributed by atoms with Crippen molar-refractivity contribution >= 4 is 23.9 Å². The second-order valence-corrected chi connectivity index (χ2v) is 11.6. The van der Waals surface area contributed by atoms with E-state index in [1.54, 1.807) is 27.0 Å². The zero-order valence-electron chi connectivity index (χ0n) is 24.3. The quantitative estimate of drug-likeness (QED) is 0.131. The SMILES string of the molecule is CC(C)(C)OC(=O)N[C@@H](Cc1cnc(C(C)(C)C)[nH]1)C(=O)N[C@@H](CCCN=C(N)N)C(=O)NCc1ccccc1. The van der Waals surface area contributed by atoms with E-state index in [2.05, 4.69) is 30.9 Å². The molecule has 0 aliphatic rings. The van der Waals surface area contributed by atoms with Gasteiger partial charge < -0.3 is 37.1 Å². The van der Waals surface area contributed by atoms with Crippen molar-refractivity contribution in [1.29, 1.82) is 0 Å². The molecule has 220 valence electrons. The van der Waals surface area contributed by atoms with Gasteiger partial charge in [-0.25, -0.2) is 9.78 Å². The van der Waals surface area contributed by atoms with Crippen molar-refractivity contribution < 1.29 is 19.1 Å². The maximum absolute atomic E-state index is 13.5. The smallest absolute Gasteiger partial charge is 0.408 e. The van der Waals surface area contributed by atoms with Gasteiger partial charge in [0, 0.05) is 36.8 Å². The molecule has 40 heavy (non-hydrogen) atoms. The number of hydrogen-bond donors (Lipinski definition) is 6. The van der Waals surface area contributed by atoms with Crippen LogP contribution in [0.4, 0.5) is 4.79 Å². The average molecular weight is 557 g/mol. The van der Waals surface area contributed by atoms with Gasteiger partial charge in [0.05, 0.1) is 0 Å². The Kier molecular flexibility index (Phi) is 11.5. The van der Waals surface area contributed by atoms with Crippen LogP contribution in [0.25, 0.3) is 0 Å². The number of aromatic nitrogens is 2. The third-order valence-electron chi connectivity index (χ3n) is 5.66. The maximum atomic E-state index is 13.5. The van der Waals surface area contributed by atoms with E-state index in [-0.39, 0.29) is 30.1 Å². The molecule has 0 bridgehead atoms. The van der Waals surface area contributed by atoms with Crippen molar-refractivity contribution in [2.45, 2.75) is 90.4 Å². The number of nitrogens with zero attached hydrogens (tertiary/aromatic N) is 2. The summed E-state index contributed by atoms with van der Waals surface area (Å²) < 4.78 is 5.38. The van der Waals surface area contributed by atoms with Gasteiger partial charge in [-0.1, -0.05) is 51.1 Å². The number of guanidine groups is 1. The lowest BCUT2D eigenvalue weighted by atomic mass is 9.96. The van der Waals surface area contributed by atoms with E-state index in [1.807, 2.05) is 51.1 Å². The largest absolute Gasteiger partial charge is 0.444 e. The predicted octanol–water partition coefficient (Wildman–Crippen LogP) is 2.00. The van der Waals surface area contributed by atoms with Crippen LogP contribution in [0.2, 0.25) is 0 Å². The number of H-pyrrole nitrogens is 1. The van der Waals surface area contributed by atoms with E-state index in [0.29, 0.717) is 25.2 Å². The summed E-state index contributed by atoms with van der Waals surface area (Å²) in [6.07, 6.45) is 1.72. The van der Waals surface area contributed by atoms with Gasteiger partial charge in [-0.05, 0) is 39.2 Å². The van der Waals surface area contributed by atoms with Crippen LogP contribution < -0.4 is 27.4 Å². The van der Waals surface area contributed by atoms with Gasteiger partial charge in [0.25, 0.3) is 0 Å². The summed E-state index contributed by atoms with van der Waals surface area (Å²) in [5.41, 5.74) is 11.4. The fraction of sp³-hybridized carbons (Fsp3) is 0.536. The summed E-state index contributed by atoms with van der Waals surface area (Å²) >= 11 is 0. The molecule has 2 rings (SSSR count). The van der Waals surface area contributed by atoms with Gasteiger partial charge in [0.2, 0.25) is 11.8 Å².